The molecule has 0 aliphatic carbocycles. The van der Waals surface area contributed by atoms with E-state index in [2.05, 4.69) is 10.1 Å². The van der Waals surface area contributed by atoms with Crippen molar-refractivity contribution < 1.29 is 19.4 Å². The van der Waals surface area contributed by atoms with Crippen LogP contribution in [0.15, 0.2) is 18.3 Å². The number of hydrogen-bond acceptors (Lipinski definition) is 5. The summed E-state index contributed by atoms with van der Waals surface area (Å²) in [6.45, 7) is 6.47. The number of carbonyl (C=O) groups excluding carboxylic acids is 1. The Morgan fingerprint density at radius 2 is 2.04 bits per heavy atom. The summed E-state index contributed by atoms with van der Waals surface area (Å²) in [5, 5.41) is 13.5. The summed E-state index contributed by atoms with van der Waals surface area (Å²) >= 11 is 0. The Kier molecular flexibility index (Phi) is 3.46. The number of aromatic carboxylic acids is 1. The Morgan fingerprint density at radius 1 is 1.35 bits per heavy atom. The van der Waals surface area contributed by atoms with Crippen molar-refractivity contribution in [2.45, 2.75) is 32.3 Å². The number of ether oxygens (including phenoxy) is 1. The number of hydrogen-bond donors (Lipinski definition) is 1. The molecule has 3 rings (SSSR count). The van der Waals surface area contributed by atoms with Gasteiger partial charge in [0.2, 0.25) is 0 Å². The van der Waals surface area contributed by atoms with Crippen LogP contribution in [-0.2, 0) is 4.74 Å². The molecule has 0 radical (unpaired) electrons. The maximum absolute atomic E-state index is 11.9. The molecule has 1 fully saturated rings. The van der Waals surface area contributed by atoms with E-state index in [0.29, 0.717) is 18.7 Å². The van der Waals surface area contributed by atoms with E-state index in [4.69, 9.17) is 9.84 Å². The molecule has 0 saturated carbocycles. The predicted octanol–water partition coefficient (Wildman–Crippen LogP) is 1.76. The molecule has 1 N–H and O–H groups in total. The van der Waals surface area contributed by atoms with E-state index in [1.54, 1.807) is 11.0 Å². The fourth-order valence-corrected chi connectivity index (χ4v) is 2.42. The normalized spacial score (nSPS) is 15.5. The third kappa shape index (κ3) is 2.96. The van der Waals surface area contributed by atoms with Crippen molar-refractivity contribution in [1.29, 1.82) is 0 Å². The second kappa shape index (κ2) is 5.22. The highest BCUT2D eigenvalue weighted by Gasteiger charge is 2.36. The third-order valence-electron chi connectivity index (χ3n) is 3.55. The van der Waals surface area contributed by atoms with Gasteiger partial charge in [0.05, 0.1) is 5.69 Å². The average molecular weight is 318 g/mol. The lowest BCUT2D eigenvalue weighted by molar-refractivity contribution is 0.00785. The number of rotatable bonds is 2. The zero-order valence-corrected chi connectivity index (χ0v) is 13.2. The summed E-state index contributed by atoms with van der Waals surface area (Å²) in [4.78, 5) is 28.8. The first-order valence-electron chi connectivity index (χ1n) is 7.30. The van der Waals surface area contributed by atoms with Crippen LogP contribution in [0.2, 0.25) is 0 Å². The van der Waals surface area contributed by atoms with Crippen molar-refractivity contribution in [3.8, 4) is 0 Å². The summed E-state index contributed by atoms with van der Waals surface area (Å²) in [6, 6.07) is 3.16. The SMILES string of the molecule is CC(C)(C)OC(=O)N1CC(c2cc3nccc(C(=O)O)n3n2)C1. The highest BCUT2D eigenvalue weighted by atomic mass is 16.6. The molecule has 23 heavy (non-hydrogen) atoms. The minimum atomic E-state index is -1.06. The van der Waals surface area contributed by atoms with Gasteiger partial charge >= 0.3 is 12.1 Å². The van der Waals surface area contributed by atoms with Crippen LogP contribution in [0.5, 0.6) is 0 Å². The molecule has 2 aromatic heterocycles. The molecule has 1 amide bonds. The largest absolute Gasteiger partial charge is 0.477 e. The number of nitrogens with zero attached hydrogens (tertiary/aromatic N) is 4. The van der Waals surface area contributed by atoms with Gasteiger partial charge in [-0.05, 0) is 26.8 Å². The summed E-state index contributed by atoms with van der Waals surface area (Å²) in [5.74, 6) is -0.998. The van der Waals surface area contributed by atoms with Crippen molar-refractivity contribution in [2.24, 2.45) is 0 Å². The van der Waals surface area contributed by atoms with Gasteiger partial charge in [0.1, 0.15) is 5.60 Å². The second-order valence-electron chi connectivity index (χ2n) is 6.56. The van der Waals surface area contributed by atoms with Crippen LogP contribution in [0, 0.1) is 0 Å². The van der Waals surface area contributed by atoms with Gasteiger partial charge in [0, 0.05) is 31.3 Å². The average Bonchev–Trinajstić information content (AvgIpc) is 2.77. The van der Waals surface area contributed by atoms with Gasteiger partial charge in [-0.3, -0.25) is 0 Å². The van der Waals surface area contributed by atoms with E-state index < -0.39 is 11.6 Å². The van der Waals surface area contributed by atoms with Crippen molar-refractivity contribution >= 4 is 17.7 Å². The second-order valence-corrected chi connectivity index (χ2v) is 6.56. The topological polar surface area (TPSA) is 97.0 Å². The highest BCUT2D eigenvalue weighted by molar-refractivity contribution is 5.86. The van der Waals surface area contributed by atoms with E-state index >= 15 is 0 Å². The van der Waals surface area contributed by atoms with Crippen molar-refractivity contribution in [3.05, 3.63) is 29.7 Å². The number of carboxylic acids is 1. The lowest BCUT2D eigenvalue weighted by atomic mass is 9.97. The van der Waals surface area contributed by atoms with Crippen molar-refractivity contribution in [3.63, 3.8) is 0 Å². The molecule has 0 unspecified atom stereocenters. The quantitative estimate of drug-likeness (QED) is 0.906. The molecule has 0 atom stereocenters. The summed E-state index contributed by atoms with van der Waals surface area (Å²) in [7, 11) is 0. The standard InChI is InChI=1S/C15H18N4O4/c1-15(2,3)23-14(22)18-7-9(8-18)10-6-12-16-5-4-11(13(20)21)19(12)17-10/h4-6,9H,7-8H2,1-3H3,(H,20,21). The first kappa shape index (κ1) is 15.3. The minimum Gasteiger partial charge on any atom is -0.477 e. The zero-order chi connectivity index (χ0) is 16.8. The summed E-state index contributed by atoms with van der Waals surface area (Å²) in [6.07, 6.45) is 1.10. The van der Waals surface area contributed by atoms with Crippen LogP contribution < -0.4 is 0 Å². The third-order valence-corrected chi connectivity index (χ3v) is 3.55. The summed E-state index contributed by atoms with van der Waals surface area (Å²) in [5.41, 5.74) is 0.747. The van der Waals surface area contributed by atoms with Gasteiger partial charge in [-0.2, -0.15) is 5.10 Å². The maximum Gasteiger partial charge on any atom is 0.410 e. The molecule has 8 nitrogen and oxygen atoms in total. The van der Waals surface area contributed by atoms with E-state index in [1.807, 2.05) is 20.8 Å². The molecule has 8 heteroatoms. The predicted molar refractivity (Wildman–Crippen MR) is 80.5 cm³/mol. The monoisotopic (exact) mass is 318 g/mol. The molecule has 122 valence electrons. The lowest BCUT2D eigenvalue weighted by Gasteiger charge is -2.38. The van der Waals surface area contributed by atoms with Crippen LogP contribution in [0.4, 0.5) is 4.79 Å². The Hall–Kier alpha value is -2.64. The number of aromatic nitrogens is 3. The Morgan fingerprint density at radius 3 is 2.65 bits per heavy atom. The fourth-order valence-electron chi connectivity index (χ4n) is 2.42. The molecule has 1 saturated heterocycles. The maximum atomic E-state index is 11.9. The fraction of sp³-hybridized carbons (Fsp3) is 0.467. The smallest absolute Gasteiger partial charge is 0.410 e. The van der Waals surface area contributed by atoms with E-state index in [-0.39, 0.29) is 17.7 Å². The van der Waals surface area contributed by atoms with Crippen LogP contribution in [0.3, 0.4) is 0 Å². The molecule has 1 aliphatic rings. The van der Waals surface area contributed by atoms with Gasteiger partial charge < -0.3 is 14.7 Å². The van der Waals surface area contributed by atoms with Crippen LogP contribution >= 0.6 is 0 Å². The zero-order valence-electron chi connectivity index (χ0n) is 13.2. The Bertz CT molecular complexity index is 771. The lowest BCUT2D eigenvalue weighted by Crippen LogP contribution is -2.50. The van der Waals surface area contributed by atoms with Crippen LogP contribution in [0.25, 0.3) is 5.65 Å². The van der Waals surface area contributed by atoms with Crippen molar-refractivity contribution in [2.75, 3.05) is 13.1 Å². The first-order valence-corrected chi connectivity index (χ1v) is 7.30. The van der Waals surface area contributed by atoms with Gasteiger partial charge in [0.25, 0.3) is 0 Å². The number of carbonyl (C=O) groups is 2. The van der Waals surface area contributed by atoms with Gasteiger partial charge in [-0.15, -0.1) is 0 Å². The minimum absolute atomic E-state index is 0.0598. The molecule has 1 aliphatic heterocycles. The highest BCUT2D eigenvalue weighted by Crippen LogP contribution is 2.28. The van der Waals surface area contributed by atoms with Crippen molar-refractivity contribution in [1.82, 2.24) is 19.5 Å². The molecule has 0 spiro atoms. The molecule has 3 heterocycles. The van der Waals surface area contributed by atoms with Crippen LogP contribution in [-0.4, -0.2) is 55.4 Å². The van der Waals surface area contributed by atoms with Gasteiger partial charge in [-0.1, -0.05) is 0 Å². The van der Waals surface area contributed by atoms with E-state index in [9.17, 15) is 9.59 Å². The number of carboxylic acid groups (broad SMARTS) is 1. The molecular formula is C15H18N4O4. The van der Waals surface area contributed by atoms with Gasteiger partial charge in [0.15, 0.2) is 11.3 Å². The van der Waals surface area contributed by atoms with E-state index in [0.717, 1.165) is 5.69 Å². The number of fused-ring (bicyclic) bond motifs is 1. The molecule has 0 bridgehead atoms. The number of likely N-dealkylation sites (tertiary alicyclic amines) is 1. The molecule has 0 aromatic carbocycles. The first-order chi connectivity index (χ1) is 10.7. The van der Waals surface area contributed by atoms with Gasteiger partial charge in [-0.25, -0.2) is 19.1 Å². The van der Waals surface area contributed by atoms with Crippen LogP contribution in [0.1, 0.15) is 42.9 Å². The number of amides is 1. The Labute approximate surface area is 132 Å². The molecular weight excluding hydrogens is 300 g/mol. The molecule has 2 aromatic rings. The van der Waals surface area contributed by atoms with E-state index in [1.165, 1.54) is 16.8 Å². The summed E-state index contributed by atoms with van der Waals surface area (Å²) < 4.78 is 6.62. The Balaban J connectivity index is 1.73.